The second-order valence-electron chi connectivity index (χ2n) is 3.66. The number of nitrogens with two attached hydrogens (primary N) is 1. The highest BCUT2D eigenvalue weighted by Crippen LogP contribution is 2.24. The summed E-state index contributed by atoms with van der Waals surface area (Å²) in [5.74, 6) is -0.238. The Bertz CT molecular complexity index is 499. The quantitative estimate of drug-likeness (QED) is 0.643. The van der Waals surface area contributed by atoms with Gasteiger partial charge >= 0.3 is 0 Å². The molecule has 1 aromatic heterocycles. The molecular formula is C12H12FIN2S. The molecule has 0 bridgehead atoms. The van der Waals surface area contributed by atoms with Gasteiger partial charge in [-0.2, -0.15) is 11.3 Å². The first-order valence-corrected chi connectivity index (χ1v) is 7.18. The highest BCUT2D eigenvalue weighted by Gasteiger charge is 2.05. The topological polar surface area (TPSA) is 38.0 Å². The summed E-state index contributed by atoms with van der Waals surface area (Å²) in [4.78, 5) is 0. The van der Waals surface area contributed by atoms with E-state index in [1.807, 2.05) is 28.0 Å². The van der Waals surface area contributed by atoms with Crippen molar-refractivity contribution in [3.63, 3.8) is 0 Å². The highest BCUT2D eigenvalue weighted by atomic mass is 127. The third kappa shape index (κ3) is 3.32. The van der Waals surface area contributed by atoms with E-state index in [-0.39, 0.29) is 5.82 Å². The van der Waals surface area contributed by atoms with E-state index in [0.29, 0.717) is 14.9 Å². The Labute approximate surface area is 117 Å². The molecule has 0 saturated heterocycles. The van der Waals surface area contributed by atoms with E-state index in [1.165, 1.54) is 11.6 Å². The number of nitrogens with one attached hydrogen (secondary N) is 1. The summed E-state index contributed by atoms with van der Waals surface area (Å²) in [6.45, 7) is 0.751. The molecule has 0 spiro atoms. The summed E-state index contributed by atoms with van der Waals surface area (Å²) in [6.07, 6.45) is 0.913. The van der Waals surface area contributed by atoms with Crippen molar-refractivity contribution in [3.05, 3.63) is 43.9 Å². The summed E-state index contributed by atoms with van der Waals surface area (Å²) in [5, 5.41) is 7.32. The van der Waals surface area contributed by atoms with Gasteiger partial charge in [0.25, 0.3) is 0 Å². The maximum atomic E-state index is 13.4. The molecule has 3 N–H and O–H groups in total. The van der Waals surface area contributed by atoms with Gasteiger partial charge in [0, 0.05) is 12.6 Å². The Balaban J connectivity index is 1.97. The minimum atomic E-state index is -0.238. The molecule has 0 amide bonds. The number of rotatable bonds is 4. The fraction of sp³-hybridized carbons (Fsp3) is 0.167. The lowest BCUT2D eigenvalue weighted by atomic mass is 10.2. The van der Waals surface area contributed by atoms with Crippen LogP contribution in [0.3, 0.4) is 0 Å². The van der Waals surface area contributed by atoms with E-state index >= 15 is 0 Å². The zero-order chi connectivity index (χ0) is 12.3. The standard InChI is InChI=1S/C12H12FIN2S/c13-9-5-12(11(15)6-10(9)14)16-3-1-8-2-4-17-7-8/h2,4-7,16H,1,3,15H2. The lowest BCUT2D eigenvalue weighted by Crippen LogP contribution is -2.07. The molecule has 90 valence electrons. The molecule has 2 nitrogen and oxygen atoms in total. The van der Waals surface area contributed by atoms with E-state index in [9.17, 15) is 4.39 Å². The molecule has 0 unspecified atom stereocenters. The van der Waals surface area contributed by atoms with Gasteiger partial charge in [0.05, 0.1) is 14.9 Å². The van der Waals surface area contributed by atoms with Crippen molar-refractivity contribution in [3.8, 4) is 0 Å². The lowest BCUT2D eigenvalue weighted by molar-refractivity contribution is 0.621. The number of nitrogen functional groups attached to an aromatic ring is 1. The molecule has 0 saturated carbocycles. The summed E-state index contributed by atoms with van der Waals surface area (Å²) >= 11 is 3.61. The monoisotopic (exact) mass is 362 g/mol. The van der Waals surface area contributed by atoms with E-state index in [1.54, 1.807) is 17.4 Å². The second-order valence-corrected chi connectivity index (χ2v) is 5.60. The number of halogens is 2. The zero-order valence-electron chi connectivity index (χ0n) is 9.04. The Hall–Kier alpha value is -0.820. The number of anilines is 2. The van der Waals surface area contributed by atoms with E-state index in [2.05, 4.69) is 16.8 Å². The minimum absolute atomic E-state index is 0.238. The summed E-state index contributed by atoms with van der Waals surface area (Å²) in [7, 11) is 0. The normalized spacial score (nSPS) is 10.5. The average Bonchev–Trinajstić information content (AvgIpc) is 2.78. The van der Waals surface area contributed by atoms with Gasteiger partial charge in [-0.15, -0.1) is 0 Å². The van der Waals surface area contributed by atoms with Gasteiger partial charge in [0.15, 0.2) is 0 Å². The van der Waals surface area contributed by atoms with Gasteiger partial charge in [0.1, 0.15) is 5.82 Å². The number of thiophene rings is 1. The van der Waals surface area contributed by atoms with Gasteiger partial charge in [0.2, 0.25) is 0 Å². The first-order chi connectivity index (χ1) is 8.16. The predicted molar refractivity (Wildman–Crippen MR) is 80.0 cm³/mol. The van der Waals surface area contributed by atoms with Crippen LogP contribution in [0.15, 0.2) is 29.0 Å². The fourth-order valence-corrected chi connectivity index (χ4v) is 2.69. The molecular weight excluding hydrogens is 350 g/mol. The lowest BCUT2D eigenvalue weighted by Gasteiger charge is -2.09. The maximum Gasteiger partial charge on any atom is 0.138 e. The van der Waals surface area contributed by atoms with Crippen LogP contribution < -0.4 is 11.1 Å². The van der Waals surface area contributed by atoms with Crippen molar-refractivity contribution in [1.29, 1.82) is 0 Å². The van der Waals surface area contributed by atoms with Crippen molar-refractivity contribution < 1.29 is 4.39 Å². The van der Waals surface area contributed by atoms with Crippen molar-refractivity contribution >= 4 is 45.3 Å². The van der Waals surface area contributed by atoms with E-state index < -0.39 is 0 Å². The molecule has 1 aromatic carbocycles. The first-order valence-electron chi connectivity index (χ1n) is 5.16. The number of hydrogen-bond donors (Lipinski definition) is 2. The van der Waals surface area contributed by atoms with Crippen molar-refractivity contribution in [1.82, 2.24) is 0 Å². The molecule has 2 rings (SSSR count). The third-order valence-electron chi connectivity index (χ3n) is 2.40. The van der Waals surface area contributed by atoms with Crippen LogP contribution >= 0.6 is 33.9 Å². The number of hydrogen-bond acceptors (Lipinski definition) is 3. The Morgan fingerprint density at radius 1 is 1.41 bits per heavy atom. The summed E-state index contributed by atoms with van der Waals surface area (Å²) in [6, 6.07) is 5.18. The van der Waals surface area contributed by atoms with Crippen molar-refractivity contribution in [2.45, 2.75) is 6.42 Å². The Morgan fingerprint density at radius 2 is 2.24 bits per heavy atom. The predicted octanol–water partition coefficient (Wildman–Crippen LogP) is 3.73. The second kappa shape index (κ2) is 5.68. The number of benzene rings is 1. The molecule has 0 aliphatic heterocycles. The molecule has 2 aromatic rings. The fourth-order valence-electron chi connectivity index (χ4n) is 1.49. The maximum absolute atomic E-state index is 13.4. The van der Waals surface area contributed by atoms with Crippen molar-refractivity contribution in [2.75, 3.05) is 17.6 Å². The van der Waals surface area contributed by atoms with Gasteiger partial charge in [-0.1, -0.05) is 0 Å². The van der Waals surface area contributed by atoms with E-state index in [4.69, 9.17) is 5.73 Å². The van der Waals surface area contributed by atoms with Gasteiger partial charge < -0.3 is 11.1 Å². The molecule has 1 heterocycles. The molecule has 0 fully saturated rings. The summed E-state index contributed by atoms with van der Waals surface area (Å²) in [5.41, 5.74) is 8.35. The molecule has 0 aliphatic carbocycles. The largest absolute Gasteiger partial charge is 0.397 e. The van der Waals surface area contributed by atoms with Gasteiger partial charge in [-0.05, 0) is 57.5 Å². The van der Waals surface area contributed by atoms with Crippen LogP contribution in [0.2, 0.25) is 0 Å². The minimum Gasteiger partial charge on any atom is -0.397 e. The van der Waals surface area contributed by atoms with Crippen LogP contribution in [-0.2, 0) is 6.42 Å². The average molecular weight is 362 g/mol. The smallest absolute Gasteiger partial charge is 0.138 e. The zero-order valence-corrected chi connectivity index (χ0v) is 12.0. The van der Waals surface area contributed by atoms with Crippen molar-refractivity contribution in [2.24, 2.45) is 0 Å². The molecule has 17 heavy (non-hydrogen) atoms. The molecule has 0 atom stereocenters. The van der Waals surface area contributed by atoms with Crippen LogP contribution in [0.1, 0.15) is 5.56 Å². The molecule has 0 aliphatic rings. The van der Waals surface area contributed by atoms with Gasteiger partial charge in [-0.3, -0.25) is 0 Å². The third-order valence-corrected chi connectivity index (χ3v) is 3.96. The molecule has 5 heteroatoms. The molecule has 0 radical (unpaired) electrons. The van der Waals surface area contributed by atoms with Crippen LogP contribution in [0.4, 0.5) is 15.8 Å². The highest BCUT2D eigenvalue weighted by molar-refractivity contribution is 14.1. The summed E-state index contributed by atoms with van der Waals surface area (Å²) < 4.78 is 13.9. The van der Waals surface area contributed by atoms with Gasteiger partial charge in [-0.25, -0.2) is 4.39 Å². The van der Waals surface area contributed by atoms with Crippen LogP contribution in [-0.4, -0.2) is 6.54 Å². The Kier molecular flexibility index (Phi) is 4.22. The first kappa shape index (κ1) is 12.6. The van der Waals surface area contributed by atoms with Crippen LogP contribution in [0.5, 0.6) is 0 Å². The van der Waals surface area contributed by atoms with Crippen LogP contribution in [0.25, 0.3) is 0 Å². The SMILES string of the molecule is Nc1cc(I)c(F)cc1NCCc1ccsc1. The Morgan fingerprint density at radius 3 is 2.94 bits per heavy atom. The van der Waals surface area contributed by atoms with Crippen LogP contribution in [0, 0.1) is 9.39 Å². The van der Waals surface area contributed by atoms with E-state index in [0.717, 1.165) is 13.0 Å².